The zero-order chi connectivity index (χ0) is 14.7. The predicted octanol–water partition coefficient (Wildman–Crippen LogP) is 2.97. The van der Waals surface area contributed by atoms with Crippen LogP contribution in [0.3, 0.4) is 0 Å². The fourth-order valence-electron chi connectivity index (χ4n) is 2.02. The molecular formula is C17H14N2O2. The van der Waals surface area contributed by atoms with E-state index in [4.69, 9.17) is 4.74 Å². The Bertz CT molecular complexity index is 706. The van der Waals surface area contributed by atoms with Crippen molar-refractivity contribution in [3.8, 4) is 0 Å². The van der Waals surface area contributed by atoms with Crippen LogP contribution in [-0.4, -0.2) is 18.9 Å². The van der Waals surface area contributed by atoms with Crippen LogP contribution in [-0.2, 0) is 9.53 Å². The number of benzene rings is 2. The molecule has 0 atom stereocenters. The molecule has 0 N–H and O–H groups in total. The van der Waals surface area contributed by atoms with Gasteiger partial charge in [-0.2, -0.15) is 0 Å². The fourth-order valence-corrected chi connectivity index (χ4v) is 2.02. The normalized spacial score (nSPS) is 15.8. The third-order valence-electron chi connectivity index (χ3n) is 3.12. The van der Waals surface area contributed by atoms with E-state index < -0.39 is 5.97 Å². The van der Waals surface area contributed by atoms with Gasteiger partial charge in [0, 0.05) is 24.5 Å². The number of esters is 1. The van der Waals surface area contributed by atoms with Crippen molar-refractivity contribution in [1.82, 2.24) is 0 Å². The summed E-state index contributed by atoms with van der Waals surface area (Å²) in [6, 6.07) is 19.1. The van der Waals surface area contributed by atoms with Crippen LogP contribution in [0, 0.1) is 0 Å². The minimum atomic E-state index is -0.434. The van der Waals surface area contributed by atoms with Gasteiger partial charge in [-0.15, -0.1) is 0 Å². The zero-order valence-corrected chi connectivity index (χ0v) is 11.6. The van der Waals surface area contributed by atoms with E-state index in [1.165, 1.54) is 0 Å². The second-order valence-corrected chi connectivity index (χ2v) is 4.63. The lowest BCUT2D eigenvalue weighted by molar-refractivity contribution is -0.130. The molecule has 1 aliphatic rings. The molecule has 0 amide bonds. The molecule has 4 heteroatoms. The molecule has 104 valence electrons. The van der Waals surface area contributed by atoms with E-state index in [0.717, 1.165) is 11.3 Å². The highest BCUT2D eigenvalue weighted by molar-refractivity contribution is 6.11. The molecule has 3 rings (SSSR count). The summed E-state index contributed by atoms with van der Waals surface area (Å²) in [6.45, 7) is 0. The summed E-state index contributed by atoms with van der Waals surface area (Å²) in [7, 11) is 1.87. The van der Waals surface area contributed by atoms with Gasteiger partial charge in [0.05, 0.1) is 0 Å². The van der Waals surface area contributed by atoms with Crippen LogP contribution in [0.15, 0.2) is 77.6 Å². The number of hydrogen-bond donors (Lipinski definition) is 0. The molecule has 4 nitrogen and oxygen atoms in total. The molecule has 21 heavy (non-hydrogen) atoms. The van der Waals surface area contributed by atoms with Crippen LogP contribution in [0.2, 0.25) is 0 Å². The summed E-state index contributed by atoms with van der Waals surface area (Å²) in [5.74, 6) is -0.0926. The Morgan fingerprint density at radius 2 is 1.62 bits per heavy atom. The first-order chi connectivity index (χ1) is 10.2. The number of carbonyl (C=O) groups excluding carboxylic acids is 1. The summed E-state index contributed by atoms with van der Waals surface area (Å²) < 4.78 is 5.21. The highest BCUT2D eigenvalue weighted by Crippen LogP contribution is 2.19. The molecule has 1 heterocycles. The van der Waals surface area contributed by atoms with E-state index in [9.17, 15) is 4.79 Å². The molecule has 0 spiro atoms. The molecule has 0 aliphatic carbocycles. The minimum absolute atomic E-state index is 0.292. The Morgan fingerprint density at radius 3 is 2.29 bits per heavy atom. The van der Waals surface area contributed by atoms with Crippen molar-refractivity contribution >= 4 is 17.6 Å². The Morgan fingerprint density at radius 1 is 1.00 bits per heavy atom. The first kappa shape index (κ1) is 13.1. The number of cyclic esters (lactones) is 1. The van der Waals surface area contributed by atoms with E-state index in [-0.39, 0.29) is 0 Å². The summed E-state index contributed by atoms with van der Waals surface area (Å²) in [5, 5.41) is 0. The van der Waals surface area contributed by atoms with Gasteiger partial charge in [-0.25, -0.2) is 9.79 Å². The van der Waals surface area contributed by atoms with Crippen LogP contribution in [0.4, 0.5) is 5.69 Å². The van der Waals surface area contributed by atoms with Gasteiger partial charge in [-0.3, -0.25) is 0 Å². The standard InChI is InChI=1S/C17H14N2O2/c1-19(14-10-6-3-7-11-14)12-15-17(20)21-16(18-15)13-8-4-2-5-9-13/h2-12H,1H3/b15-12-. The van der Waals surface area contributed by atoms with E-state index >= 15 is 0 Å². The third kappa shape index (κ3) is 2.84. The second-order valence-electron chi connectivity index (χ2n) is 4.63. The molecule has 0 radical (unpaired) electrons. The van der Waals surface area contributed by atoms with Crippen LogP contribution >= 0.6 is 0 Å². The molecule has 0 unspecified atom stereocenters. The van der Waals surface area contributed by atoms with Gasteiger partial charge in [0.15, 0.2) is 5.70 Å². The maximum atomic E-state index is 11.9. The van der Waals surface area contributed by atoms with Gasteiger partial charge in [-0.1, -0.05) is 36.4 Å². The van der Waals surface area contributed by atoms with E-state index in [2.05, 4.69) is 4.99 Å². The van der Waals surface area contributed by atoms with Crippen molar-refractivity contribution in [3.05, 3.63) is 78.1 Å². The molecular weight excluding hydrogens is 264 g/mol. The highest BCUT2D eigenvalue weighted by atomic mass is 16.6. The van der Waals surface area contributed by atoms with Crippen molar-refractivity contribution in [2.45, 2.75) is 0 Å². The lowest BCUT2D eigenvalue weighted by atomic mass is 10.2. The van der Waals surface area contributed by atoms with Crippen molar-refractivity contribution in [2.24, 2.45) is 4.99 Å². The number of aliphatic imine (C=N–C) groups is 1. The molecule has 0 aromatic heterocycles. The van der Waals surface area contributed by atoms with Gasteiger partial charge in [-0.05, 0) is 24.3 Å². The third-order valence-corrected chi connectivity index (χ3v) is 3.12. The molecule has 0 fully saturated rings. The van der Waals surface area contributed by atoms with E-state index in [0.29, 0.717) is 11.6 Å². The minimum Gasteiger partial charge on any atom is -0.402 e. The van der Waals surface area contributed by atoms with E-state index in [1.807, 2.05) is 72.6 Å². The first-order valence-electron chi connectivity index (χ1n) is 6.60. The van der Waals surface area contributed by atoms with Gasteiger partial charge in [0.1, 0.15) is 0 Å². The summed E-state index contributed by atoms with van der Waals surface area (Å²) in [5.41, 5.74) is 2.05. The lowest BCUT2D eigenvalue weighted by Crippen LogP contribution is -2.11. The molecule has 2 aromatic carbocycles. The number of nitrogens with zero attached hydrogens (tertiary/aromatic N) is 2. The van der Waals surface area contributed by atoms with Crippen LogP contribution < -0.4 is 4.90 Å². The Hall–Kier alpha value is -2.88. The molecule has 2 aromatic rings. The molecule has 1 aliphatic heterocycles. The van der Waals surface area contributed by atoms with E-state index in [1.54, 1.807) is 6.20 Å². The molecule has 0 saturated carbocycles. The highest BCUT2D eigenvalue weighted by Gasteiger charge is 2.24. The van der Waals surface area contributed by atoms with Crippen LogP contribution in [0.5, 0.6) is 0 Å². The van der Waals surface area contributed by atoms with Crippen LogP contribution in [0.1, 0.15) is 5.56 Å². The average molecular weight is 278 g/mol. The number of rotatable bonds is 3. The summed E-state index contributed by atoms with van der Waals surface area (Å²) in [4.78, 5) is 18.0. The van der Waals surface area contributed by atoms with Gasteiger partial charge >= 0.3 is 5.97 Å². The second kappa shape index (κ2) is 5.63. The topological polar surface area (TPSA) is 41.9 Å². The quantitative estimate of drug-likeness (QED) is 0.640. The monoisotopic (exact) mass is 278 g/mol. The predicted molar refractivity (Wildman–Crippen MR) is 82.0 cm³/mol. The number of ether oxygens (including phenoxy) is 1. The Kier molecular flexibility index (Phi) is 3.51. The number of hydrogen-bond acceptors (Lipinski definition) is 4. The largest absolute Gasteiger partial charge is 0.402 e. The van der Waals surface area contributed by atoms with Gasteiger partial charge in [0.2, 0.25) is 5.90 Å². The molecule has 0 saturated heterocycles. The van der Waals surface area contributed by atoms with Crippen molar-refractivity contribution in [2.75, 3.05) is 11.9 Å². The number of para-hydroxylation sites is 1. The van der Waals surface area contributed by atoms with Gasteiger partial charge < -0.3 is 9.64 Å². The Balaban J connectivity index is 1.87. The number of anilines is 1. The van der Waals surface area contributed by atoms with Crippen molar-refractivity contribution < 1.29 is 9.53 Å². The zero-order valence-electron chi connectivity index (χ0n) is 11.6. The maximum absolute atomic E-state index is 11.9. The average Bonchev–Trinajstić information content (AvgIpc) is 2.90. The van der Waals surface area contributed by atoms with Crippen molar-refractivity contribution in [3.63, 3.8) is 0 Å². The SMILES string of the molecule is CN(/C=C1\N=C(c2ccccc2)OC1=O)c1ccccc1. The summed E-state index contributed by atoms with van der Waals surface area (Å²) >= 11 is 0. The summed E-state index contributed by atoms with van der Waals surface area (Å²) in [6.07, 6.45) is 1.67. The smallest absolute Gasteiger partial charge is 0.365 e. The van der Waals surface area contributed by atoms with Crippen molar-refractivity contribution in [1.29, 1.82) is 0 Å². The van der Waals surface area contributed by atoms with Crippen LogP contribution in [0.25, 0.3) is 0 Å². The Labute approximate surface area is 123 Å². The first-order valence-corrected chi connectivity index (χ1v) is 6.60. The molecule has 0 bridgehead atoms. The number of carbonyl (C=O) groups is 1. The van der Waals surface area contributed by atoms with Gasteiger partial charge in [0.25, 0.3) is 0 Å². The fraction of sp³-hybridized carbons (Fsp3) is 0.0588. The maximum Gasteiger partial charge on any atom is 0.365 e. The lowest BCUT2D eigenvalue weighted by Gasteiger charge is -2.13.